The first-order valence-corrected chi connectivity index (χ1v) is 8.55. The topological polar surface area (TPSA) is 23.5 Å². The van der Waals surface area contributed by atoms with E-state index >= 15 is 0 Å². The van der Waals surface area contributed by atoms with E-state index in [1.54, 1.807) is 0 Å². The van der Waals surface area contributed by atoms with Crippen LogP contribution < -0.4 is 0 Å². The van der Waals surface area contributed by atoms with E-state index in [0.29, 0.717) is 0 Å². The molecule has 2 aliphatic heterocycles. The van der Waals surface area contributed by atoms with Gasteiger partial charge < -0.3 is 5.11 Å². The van der Waals surface area contributed by atoms with E-state index in [1.165, 1.54) is 51.4 Å². The number of nitrogens with zero attached hydrogens (tertiary/aromatic N) is 1. The Bertz CT molecular complexity index is 264. The van der Waals surface area contributed by atoms with Gasteiger partial charge in [0, 0.05) is 18.1 Å². The summed E-state index contributed by atoms with van der Waals surface area (Å²) in [5.74, 6) is 0.820. The molecule has 2 heterocycles. The molecule has 0 radical (unpaired) electrons. The van der Waals surface area contributed by atoms with Crippen molar-refractivity contribution in [2.75, 3.05) is 0 Å². The SMILES string of the molecule is CC(C)[C@@H]1CC[C@H]2CC[C@H](CCCCC[C@H](C)O)N21. The van der Waals surface area contributed by atoms with Crippen molar-refractivity contribution < 1.29 is 5.11 Å². The first-order chi connectivity index (χ1) is 9.09. The molecule has 2 rings (SSSR count). The van der Waals surface area contributed by atoms with Crippen LogP contribution in [0.25, 0.3) is 0 Å². The minimum atomic E-state index is -0.111. The molecule has 4 atom stereocenters. The predicted molar refractivity (Wildman–Crippen MR) is 81.3 cm³/mol. The molecule has 2 fully saturated rings. The fourth-order valence-corrected chi connectivity index (χ4v) is 4.30. The van der Waals surface area contributed by atoms with Gasteiger partial charge in [0.1, 0.15) is 0 Å². The molecule has 0 spiro atoms. The summed E-state index contributed by atoms with van der Waals surface area (Å²) in [5.41, 5.74) is 0. The van der Waals surface area contributed by atoms with Crippen LogP contribution in [0.3, 0.4) is 0 Å². The Morgan fingerprint density at radius 3 is 2.42 bits per heavy atom. The smallest absolute Gasteiger partial charge is 0.0512 e. The van der Waals surface area contributed by atoms with Crippen molar-refractivity contribution in [2.24, 2.45) is 5.92 Å². The van der Waals surface area contributed by atoms with Crippen LogP contribution in [0.4, 0.5) is 0 Å². The maximum absolute atomic E-state index is 9.27. The monoisotopic (exact) mass is 267 g/mol. The predicted octanol–water partition coefficient (Wildman–Crippen LogP) is 3.97. The first kappa shape index (κ1) is 15.3. The van der Waals surface area contributed by atoms with Crippen LogP contribution >= 0.6 is 0 Å². The summed E-state index contributed by atoms with van der Waals surface area (Å²) in [6.07, 6.45) is 11.9. The van der Waals surface area contributed by atoms with Gasteiger partial charge in [0.15, 0.2) is 0 Å². The third-order valence-corrected chi connectivity index (χ3v) is 5.28. The highest BCUT2D eigenvalue weighted by atomic mass is 16.3. The van der Waals surface area contributed by atoms with Gasteiger partial charge in [-0.25, -0.2) is 0 Å². The van der Waals surface area contributed by atoms with E-state index in [0.717, 1.165) is 30.5 Å². The van der Waals surface area contributed by atoms with Gasteiger partial charge in [-0.05, 0) is 51.4 Å². The Morgan fingerprint density at radius 2 is 1.74 bits per heavy atom. The van der Waals surface area contributed by atoms with Crippen LogP contribution in [-0.2, 0) is 0 Å². The van der Waals surface area contributed by atoms with Gasteiger partial charge in [-0.3, -0.25) is 4.90 Å². The van der Waals surface area contributed by atoms with Crippen molar-refractivity contribution in [3.8, 4) is 0 Å². The summed E-state index contributed by atoms with van der Waals surface area (Å²) in [4.78, 5) is 2.89. The highest BCUT2D eigenvalue weighted by Gasteiger charge is 2.42. The molecule has 0 saturated carbocycles. The minimum absolute atomic E-state index is 0.111. The van der Waals surface area contributed by atoms with Gasteiger partial charge in [0.2, 0.25) is 0 Å². The number of fused-ring (bicyclic) bond motifs is 1. The largest absolute Gasteiger partial charge is 0.393 e. The maximum atomic E-state index is 9.27. The lowest BCUT2D eigenvalue weighted by Gasteiger charge is -2.33. The normalized spacial score (nSPS) is 33.0. The van der Waals surface area contributed by atoms with Gasteiger partial charge in [-0.2, -0.15) is 0 Å². The van der Waals surface area contributed by atoms with E-state index in [1.807, 2.05) is 6.92 Å². The zero-order valence-electron chi connectivity index (χ0n) is 13.1. The van der Waals surface area contributed by atoms with E-state index in [-0.39, 0.29) is 6.10 Å². The minimum Gasteiger partial charge on any atom is -0.393 e. The van der Waals surface area contributed by atoms with Gasteiger partial charge in [0.05, 0.1) is 6.10 Å². The number of unbranched alkanes of at least 4 members (excludes halogenated alkanes) is 2. The fourth-order valence-electron chi connectivity index (χ4n) is 4.30. The van der Waals surface area contributed by atoms with Crippen molar-refractivity contribution in [2.45, 2.75) is 103 Å². The van der Waals surface area contributed by atoms with Crippen LogP contribution in [-0.4, -0.2) is 34.2 Å². The number of rotatable bonds is 7. The van der Waals surface area contributed by atoms with E-state index < -0.39 is 0 Å². The van der Waals surface area contributed by atoms with Crippen molar-refractivity contribution >= 4 is 0 Å². The van der Waals surface area contributed by atoms with Crippen LogP contribution in [0.15, 0.2) is 0 Å². The summed E-state index contributed by atoms with van der Waals surface area (Å²) in [6, 6.07) is 2.64. The van der Waals surface area contributed by atoms with Crippen molar-refractivity contribution in [3.05, 3.63) is 0 Å². The second-order valence-electron chi connectivity index (χ2n) is 7.21. The van der Waals surface area contributed by atoms with Crippen LogP contribution in [0.1, 0.15) is 78.6 Å². The second-order valence-corrected chi connectivity index (χ2v) is 7.21. The molecule has 0 bridgehead atoms. The van der Waals surface area contributed by atoms with E-state index in [2.05, 4.69) is 18.7 Å². The number of hydrogen-bond donors (Lipinski definition) is 1. The lowest BCUT2D eigenvalue weighted by Crippen LogP contribution is -2.40. The maximum Gasteiger partial charge on any atom is 0.0512 e. The van der Waals surface area contributed by atoms with Crippen molar-refractivity contribution in [3.63, 3.8) is 0 Å². The molecule has 0 amide bonds. The molecule has 1 N–H and O–H groups in total. The highest BCUT2D eigenvalue weighted by molar-refractivity contribution is 4.98. The van der Waals surface area contributed by atoms with E-state index in [4.69, 9.17) is 0 Å². The Labute approximate surface area is 119 Å². The van der Waals surface area contributed by atoms with Crippen LogP contribution in [0, 0.1) is 5.92 Å². The Kier molecular flexibility index (Phi) is 5.70. The number of aliphatic hydroxyl groups excluding tert-OH is 1. The molecule has 2 saturated heterocycles. The molecule has 0 aliphatic carbocycles. The lowest BCUT2D eigenvalue weighted by atomic mass is 9.97. The van der Waals surface area contributed by atoms with Gasteiger partial charge in [-0.1, -0.05) is 33.1 Å². The molecule has 19 heavy (non-hydrogen) atoms. The summed E-state index contributed by atoms with van der Waals surface area (Å²) in [6.45, 7) is 6.69. The van der Waals surface area contributed by atoms with Crippen LogP contribution in [0.5, 0.6) is 0 Å². The molecular weight excluding hydrogens is 234 g/mol. The first-order valence-electron chi connectivity index (χ1n) is 8.55. The zero-order valence-corrected chi connectivity index (χ0v) is 13.1. The average molecular weight is 267 g/mol. The van der Waals surface area contributed by atoms with Gasteiger partial charge >= 0.3 is 0 Å². The van der Waals surface area contributed by atoms with Crippen molar-refractivity contribution in [1.82, 2.24) is 4.90 Å². The fraction of sp³-hybridized carbons (Fsp3) is 1.00. The summed E-state index contributed by atoms with van der Waals surface area (Å²) >= 11 is 0. The summed E-state index contributed by atoms with van der Waals surface area (Å²) < 4.78 is 0. The van der Waals surface area contributed by atoms with E-state index in [9.17, 15) is 5.11 Å². The second kappa shape index (κ2) is 7.08. The number of aliphatic hydroxyl groups is 1. The van der Waals surface area contributed by atoms with Crippen molar-refractivity contribution in [1.29, 1.82) is 0 Å². The Morgan fingerprint density at radius 1 is 1.00 bits per heavy atom. The quantitative estimate of drug-likeness (QED) is 0.706. The third-order valence-electron chi connectivity index (χ3n) is 5.28. The van der Waals surface area contributed by atoms with Gasteiger partial charge in [-0.15, -0.1) is 0 Å². The Balaban J connectivity index is 1.71. The zero-order chi connectivity index (χ0) is 13.8. The molecule has 112 valence electrons. The third kappa shape index (κ3) is 3.95. The molecule has 0 aromatic heterocycles. The number of hydrogen-bond acceptors (Lipinski definition) is 2. The standard InChI is InChI=1S/C17H33NO/c1-13(2)17-12-11-16-10-9-15(18(16)17)8-6-4-5-7-14(3)19/h13-17,19H,4-12H2,1-3H3/t14-,15-,16+,17-/m0/s1. The molecule has 2 aliphatic rings. The highest BCUT2D eigenvalue weighted by Crippen LogP contribution is 2.40. The van der Waals surface area contributed by atoms with Crippen LogP contribution in [0.2, 0.25) is 0 Å². The molecule has 0 aromatic carbocycles. The summed E-state index contributed by atoms with van der Waals surface area (Å²) in [7, 11) is 0. The molecule has 2 nitrogen and oxygen atoms in total. The lowest BCUT2D eigenvalue weighted by molar-refractivity contribution is 0.138. The Hall–Kier alpha value is -0.0800. The average Bonchev–Trinajstić information content (AvgIpc) is 2.90. The molecule has 0 aromatic rings. The molecule has 2 heteroatoms. The molecular formula is C17H33NO. The summed E-state index contributed by atoms with van der Waals surface area (Å²) in [5, 5.41) is 9.27. The van der Waals surface area contributed by atoms with Gasteiger partial charge in [0.25, 0.3) is 0 Å². The molecule has 0 unspecified atom stereocenters.